The molecule has 1 saturated heterocycles. The van der Waals surface area contributed by atoms with Crippen molar-refractivity contribution in [3.05, 3.63) is 89.0 Å². The summed E-state index contributed by atoms with van der Waals surface area (Å²) >= 11 is 0. The van der Waals surface area contributed by atoms with E-state index in [1.165, 1.54) is 6.07 Å². The molecular weight excluding hydrogens is 405 g/mol. The third-order valence-electron chi connectivity index (χ3n) is 5.98. The van der Waals surface area contributed by atoms with Gasteiger partial charge in [-0.2, -0.15) is 0 Å². The Labute approximate surface area is 188 Å². The SMILES string of the molecule is COc1ccc(NC(=O)c2ccc(C)nc2C2CCN(Cc3ccccc3F)CC2)cc1. The number of hydrogen-bond donors (Lipinski definition) is 1. The van der Waals surface area contributed by atoms with Crippen LogP contribution in [0.1, 0.15) is 46.1 Å². The van der Waals surface area contributed by atoms with Crippen LogP contribution in [0.5, 0.6) is 5.75 Å². The Bertz CT molecular complexity index is 1080. The molecule has 2 aromatic carbocycles. The van der Waals surface area contributed by atoms with Gasteiger partial charge in [0.1, 0.15) is 11.6 Å². The lowest BCUT2D eigenvalue weighted by Gasteiger charge is -2.32. The van der Waals surface area contributed by atoms with Gasteiger partial charge in [0, 0.05) is 29.4 Å². The number of aromatic nitrogens is 1. The second-order valence-corrected chi connectivity index (χ2v) is 8.21. The van der Waals surface area contributed by atoms with E-state index in [1.807, 2.05) is 55.5 Å². The van der Waals surface area contributed by atoms with Gasteiger partial charge in [0.15, 0.2) is 0 Å². The number of carbonyl (C=O) groups is 1. The average molecular weight is 434 g/mol. The minimum Gasteiger partial charge on any atom is -0.497 e. The van der Waals surface area contributed by atoms with E-state index in [0.717, 1.165) is 48.6 Å². The fourth-order valence-corrected chi connectivity index (χ4v) is 4.18. The Hall–Kier alpha value is -3.25. The lowest BCUT2D eigenvalue weighted by atomic mass is 9.89. The molecular formula is C26H28FN3O2. The molecule has 2 heterocycles. The Balaban J connectivity index is 1.45. The normalized spacial score (nSPS) is 14.8. The lowest BCUT2D eigenvalue weighted by Crippen LogP contribution is -2.33. The van der Waals surface area contributed by atoms with Crippen molar-refractivity contribution >= 4 is 11.6 Å². The first-order chi connectivity index (χ1) is 15.5. The van der Waals surface area contributed by atoms with Gasteiger partial charge in [-0.05, 0) is 75.3 Å². The summed E-state index contributed by atoms with van der Waals surface area (Å²) in [5.74, 6) is 0.616. The number of carbonyl (C=O) groups excluding carboxylic acids is 1. The maximum absolute atomic E-state index is 14.0. The van der Waals surface area contributed by atoms with Crippen molar-refractivity contribution in [2.45, 2.75) is 32.2 Å². The number of likely N-dealkylation sites (tertiary alicyclic amines) is 1. The Morgan fingerprint density at radius 1 is 1.09 bits per heavy atom. The summed E-state index contributed by atoms with van der Waals surface area (Å²) in [4.78, 5) is 20.1. The van der Waals surface area contributed by atoms with Crippen LogP contribution < -0.4 is 10.1 Å². The first kappa shape index (κ1) is 22.0. The zero-order valence-corrected chi connectivity index (χ0v) is 18.5. The molecule has 4 rings (SSSR count). The van der Waals surface area contributed by atoms with Gasteiger partial charge in [0.25, 0.3) is 5.91 Å². The highest BCUT2D eigenvalue weighted by Gasteiger charge is 2.26. The van der Waals surface area contributed by atoms with Crippen molar-refractivity contribution < 1.29 is 13.9 Å². The number of aryl methyl sites for hydroxylation is 1. The summed E-state index contributed by atoms with van der Waals surface area (Å²) in [6.07, 6.45) is 1.77. The molecule has 6 heteroatoms. The average Bonchev–Trinajstić information content (AvgIpc) is 2.81. The van der Waals surface area contributed by atoms with Crippen LogP contribution in [0.3, 0.4) is 0 Å². The van der Waals surface area contributed by atoms with Gasteiger partial charge < -0.3 is 10.1 Å². The number of halogens is 1. The van der Waals surface area contributed by atoms with Crippen molar-refractivity contribution in [2.75, 3.05) is 25.5 Å². The van der Waals surface area contributed by atoms with E-state index >= 15 is 0 Å². The van der Waals surface area contributed by atoms with E-state index in [2.05, 4.69) is 10.2 Å². The van der Waals surface area contributed by atoms with Crippen LogP contribution in [0.4, 0.5) is 10.1 Å². The molecule has 1 aliphatic heterocycles. The predicted octanol–water partition coefficient (Wildman–Crippen LogP) is 5.17. The van der Waals surface area contributed by atoms with Gasteiger partial charge in [0.05, 0.1) is 18.4 Å². The molecule has 0 atom stereocenters. The molecule has 0 aliphatic carbocycles. The first-order valence-electron chi connectivity index (χ1n) is 10.9. The standard InChI is InChI=1S/C26H28FN3O2/c1-18-7-12-23(26(31)29-21-8-10-22(32-2)11-9-21)25(28-18)19-13-15-30(16-14-19)17-20-5-3-4-6-24(20)27/h3-12,19H,13-17H2,1-2H3,(H,29,31). The molecule has 1 fully saturated rings. The van der Waals surface area contributed by atoms with Crippen LogP contribution in [-0.2, 0) is 6.54 Å². The van der Waals surface area contributed by atoms with Gasteiger partial charge in [-0.1, -0.05) is 18.2 Å². The molecule has 0 saturated carbocycles. The van der Waals surface area contributed by atoms with Crippen LogP contribution in [0.25, 0.3) is 0 Å². The maximum Gasteiger partial charge on any atom is 0.257 e. The quantitative estimate of drug-likeness (QED) is 0.583. The molecule has 1 N–H and O–H groups in total. The topological polar surface area (TPSA) is 54.5 Å². The number of nitrogens with one attached hydrogen (secondary N) is 1. The highest BCUT2D eigenvalue weighted by atomic mass is 19.1. The molecule has 5 nitrogen and oxygen atoms in total. The highest BCUT2D eigenvalue weighted by Crippen LogP contribution is 2.31. The number of nitrogens with zero attached hydrogens (tertiary/aromatic N) is 2. The van der Waals surface area contributed by atoms with E-state index in [4.69, 9.17) is 9.72 Å². The van der Waals surface area contributed by atoms with Gasteiger partial charge in [-0.25, -0.2) is 4.39 Å². The lowest BCUT2D eigenvalue weighted by molar-refractivity contribution is 0.102. The van der Waals surface area contributed by atoms with Crippen LogP contribution in [0.15, 0.2) is 60.7 Å². The number of ether oxygens (including phenoxy) is 1. The fourth-order valence-electron chi connectivity index (χ4n) is 4.18. The van der Waals surface area contributed by atoms with E-state index in [1.54, 1.807) is 13.2 Å². The number of anilines is 1. The Morgan fingerprint density at radius 3 is 2.50 bits per heavy atom. The van der Waals surface area contributed by atoms with E-state index in [-0.39, 0.29) is 17.6 Å². The number of piperidine rings is 1. The van der Waals surface area contributed by atoms with E-state index in [0.29, 0.717) is 17.8 Å². The van der Waals surface area contributed by atoms with E-state index < -0.39 is 0 Å². The van der Waals surface area contributed by atoms with Crippen molar-refractivity contribution in [1.29, 1.82) is 0 Å². The first-order valence-corrected chi connectivity index (χ1v) is 10.9. The maximum atomic E-state index is 14.0. The van der Waals surface area contributed by atoms with E-state index in [9.17, 15) is 9.18 Å². The van der Waals surface area contributed by atoms with Crippen molar-refractivity contribution in [3.63, 3.8) is 0 Å². The molecule has 1 aromatic heterocycles. The molecule has 0 radical (unpaired) electrons. The Kier molecular flexibility index (Phi) is 6.81. The monoisotopic (exact) mass is 433 g/mol. The second kappa shape index (κ2) is 9.92. The minimum atomic E-state index is -0.161. The zero-order valence-electron chi connectivity index (χ0n) is 18.5. The fraction of sp³-hybridized carbons (Fsp3) is 0.308. The summed E-state index contributed by atoms with van der Waals surface area (Å²) in [5, 5.41) is 2.97. The van der Waals surface area contributed by atoms with Crippen LogP contribution in [0.2, 0.25) is 0 Å². The molecule has 1 amide bonds. The summed E-state index contributed by atoms with van der Waals surface area (Å²) in [6.45, 7) is 4.23. The van der Waals surface area contributed by atoms with Crippen LogP contribution >= 0.6 is 0 Å². The number of benzene rings is 2. The van der Waals surface area contributed by atoms with Crippen LogP contribution in [-0.4, -0.2) is 36.0 Å². The summed E-state index contributed by atoms with van der Waals surface area (Å²) in [6, 6.07) is 17.9. The molecule has 166 valence electrons. The highest BCUT2D eigenvalue weighted by molar-refractivity contribution is 6.05. The molecule has 1 aliphatic rings. The van der Waals surface area contributed by atoms with Gasteiger partial charge in [-0.3, -0.25) is 14.7 Å². The number of hydrogen-bond acceptors (Lipinski definition) is 4. The number of rotatable bonds is 6. The van der Waals surface area contributed by atoms with Crippen molar-refractivity contribution in [1.82, 2.24) is 9.88 Å². The molecule has 0 bridgehead atoms. The van der Waals surface area contributed by atoms with Crippen LogP contribution in [0, 0.1) is 12.7 Å². The van der Waals surface area contributed by atoms with Gasteiger partial charge in [0.2, 0.25) is 0 Å². The van der Waals surface area contributed by atoms with Crippen molar-refractivity contribution in [2.24, 2.45) is 0 Å². The molecule has 0 spiro atoms. The van der Waals surface area contributed by atoms with Gasteiger partial charge in [-0.15, -0.1) is 0 Å². The minimum absolute atomic E-state index is 0.160. The largest absolute Gasteiger partial charge is 0.497 e. The smallest absolute Gasteiger partial charge is 0.257 e. The zero-order chi connectivity index (χ0) is 22.5. The summed E-state index contributed by atoms with van der Waals surface area (Å²) in [5.41, 5.74) is 3.79. The summed E-state index contributed by atoms with van der Waals surface area (Å²) in [7, 11) is 1.61. The Morgan fingerprint density at radius 2 is 1.81 bits per heavy atom. The molecule has 0 unspecified atom stereocenters. The third-order valence-corrected chi connectivity index (χ3v) is 5.98. The number of pyridine rings is 1. The van der Waals surface area contributed by atoms with Gasteiger partial charge >= 0.3 is 0 Å². The summed E-state index contributed by atoms with van der Waals surface area (Å²) < 4.78 is 19.2. The number of methoxy groups -OCH3 is 1. The number of amides is 1. The van der Waals surface area contributed by atoms with Crippen molar-refractivity contribution in [3.8, 4) is 5.75 Å². The third kappa shape index (κ3) is 5.14. The molecule has 3 aromatic rings. The second-order valence-electron chi connectivity index (χ2n) is 8.21. The molecule has 32 heavy (non-hydrogen) atoms. The predicted molar refractivity (Wildman–Crippen MR) is 124 cm³/mol.